The van der Waals surface area contributed by atoms with E-state index in [2.05, 4.69) is 28.0 Å². The predicted octanol–water partition coefficient (Wildman–Crippen LogP) is 4.27. The summed E-state index contributed by atoms with van der Waals surface area (Å²) >= 11 is 0. The first kappa shape index (κ1) is 22.9. The van der Waals surface area contributed by atoms with E-state index in [1.807, 2.05) is 36.4 Å². The quantitative estimate of drug-likeness (QED) is 0.602. The van der Waals surface area contributed by atoms with E-state index >= 15 is 0 Å². The molecule has 0 aromatic heterocycles. The number of piperazine rings is 1. The number of para-hydroxylation sites is 2. The lowest BCUT2D eigenvalue weighted by Gasteiger charge is -2.43. The fourth-order valence-electron chi connectivity index (χ4n) is 6.16. The average Bonchev–Trinajstić information content (AvgIpc) is 3.31. The van der Waals surface area contributed by atoms with E-state index in [0.717, 1.165) is 68.9 Å². The fraction of sp³-hybridized carbons (Fsp3) is 0.500. The van der Waals surface area contributed by atoms with Crippen molar-refractivity contribution in [3.63, 3.8) is 0 Å². The molecule has 0 bridgehead atoms. The second-order valence-electron chi connectivity index (χ2n) is 10.1. The number of amides is 2. The number of methoxy groups -OCH3 is 1. The van der Waals surface area contributed by atoms with Crippen LogP contribution in [0.5, 0.6) is 5.75 Å². The lowest BCUT2D eigenvalue weighted by atomic mass is 9.76. The van der Waals surface area contributed by atoms with Crippen molar-refractivity contribution < 1.29 is 14.3 Å². The van der Waals surface area contributed by atoms with E-state index in [1.165, 1.54) is 0 Å². The Bertz CT molecular complexity index is 991. The Morgan fingerprint density at radius 2 is 1.47 bits per heavy atom. The van der Waals surface area contributed by atoms with Crippen molar-refractivity contribution in [2.24, 2.45) is 5.41 Å². The van der Waals surface area contributed by atoms with Crippen LogP contribution in [-0.2, 0) is 9.59 Å². The third-order valence-corrected chi connectivity index (χ3v) is 7.98. The molecule has 5 rings (SSSR count). The molecule has 3 fully saturated rings. The number of imide groups is 1. The summed E-state index contributed by atoms with van der Waals surface area (Å²) in [6.07, 6.45) is 5.34. The van der Waals surface area contributed by atoms with E-state index in [0.29, 0.717) is 19.4 Å². The van der Waals surface area contributed by atoms with Crippen LogP contribution in [-0.4, -0.2) is 61.4 Å². The molecule has 0 radical (unpaired) electrons. The van der Waals surface area contributed by atoms with Crippen molar-refractivity contribution in [1.82, 2.24) is 9.80 Å². The maximum atomic E-state index is 13.4. The molecule has 34 heavy (non-hydrogen) atoms. The highest BCUT2D eigenvalue weighted by Crippen LogP contribution is 2.48. The number of nitrogens with zero attached hydrogens (tertiary/aromatic N) is 3. The smallest absolute Gasteiger partial charge is 0.230 e. The van der Waals surface area contributed by atoms with Gasteiger partial charge in [0.05, 0.1) is 18.8 Å². The van der Waals surface area contributed by atoms with Gasteiger partial charge in [0.15, 0.2) is 0 Å². The number of piperidine rings is 1. The number of hydrogen-bond donors (Lipinski definition) is 0. The number of ether oxygens (including phenoxy) is 1. The van der Waals surface area contributed by atoms with Gasteiger partial charge in [-0.2, -0.15) is 0 Å². The standard InChI is InChI=1S/C28H35N3O3/c1-34-25-12-6-5-11-23(25)30-17-15-29(16-18-30)21-24(22-9-3-2-4-10-22)31-26(32)19-28(20-27(31)33)13-7-8-14-28/h2-6,9-12,24H,7-8,13-21H2,1H3. The molecule has 1 atom stereocenters. The molecule has 1 saturated carbocycles. The predicted molar refractivity (Wildman–Crippen MR) is 133 cm³/mol. The summed E-state index contributed by atoms with van der Waals surface area (Å²) in [4.78, 5) is 33.1. The lowest BCUT2D eigenvalue weighted by Crippen LogP contribution is -2.53. The van der Waals surface area contributed by atoms with Gasteiger partial charge in [0.1, 0.15) is 5.75 Å². The normalized spacial score (nSPS) is 21.8. The van der Waals surface area contributed by atoms with E-state index in [-0.39, 0.29) is 23.3 Å². The van der Waals surface area contributed by atoms with Crippen LogP contribution < -0.4 is 9.64 Å². The largest absolute Gasteiger partial charge is 0.495 e. The molecular formula is C28H35N3O3. The highest BCUT2D eigenvalue weighted by molar-refractivity contribution is 5.99. The maximum Gasteiger partial charge on any atom is 0.230 e. The molecule has 180 valence electrons. The van der Waals surface area contributed by atoms with Crippen molar-refractivity contribution in [3.05, 3.63) is 60.2 Å². The minimum atomic E-state index is -0.238. The Morgan fingerprint density at radius 3 is 2.12 bits per heavy atom. The topological polar surface area (TPSA) is 53.1 Å². The summed E-state index contributed by atoms with van der Waals surface area (Å²) in [6, 6.07) is 18.0. The molecular weight excluding hydrogens is 426 g/mol. The van der Waals surface area contributed by atoms with Gasteiger partial charge in [0, 0.05) is 45.6 Å². The molecule has 2 aromatic carbocycles. The van der Waals surface area contributed by atoms with Crippen LogP contribution >= 0.6 is 0 Å². The Labute approximate surface area is 202 Å². The highest BCUT2D eigenvalue weighted by atomic mass is 16.5. The molecule has 6 heteroatoms. The van der Waals surface area contributed by atoms with E-state index in [4.69, 9.17) is 4.74 Å². The Balaban J connectivity index is 1.31. The fourth-order valence-corrected chi connectivity index (χ4v) is 6.16. The number of benzene rings is 2. The summed E-state index contributed by atoms with van der Waals surface area (Å²) in [5.74, 6) is 0.919. The summed E-state index contributed by atoms with van der Waals surface area (Å²) in [7, 11) is 1.71. The Morgan fingerprint density at radius 1 is 0.853 bits per heavy atom. The van der Waals surface area contributed by atoms with Crippen LogP contribution in [0, 0.1) is 5.41 Å². The van der Waals surface area contributed by atoms with Crippen molar-refractivity contribution in [2.45, 2.75) is 44.6 Å². The van der Waals surface area contributed by atoms with Gasteiger partial charge < -0.3 is 9.64 Å². The van der Waals surface area contributed by atoms with Gasteiger partial charge in [-0.3, -0.25) is 19.4 Å². The molecule has 2 aliphatic heterocycles. The second-order valence-corrected chi connectivity index (χ2v) is 10.1. The first-order chi connectivity index (χ1) is 16.6. The van der Waals surface area contributed by atoms with Crippen LogP contribution in [0.4, 0.5) is 5.69 Å². The van der Waals surface area contributed by atoms with Crippen molar-refractivity contribution in [1.29, 1.82) is 0 Å². The lowest BCUT2D eigenvalue weighted by molar-refractivity contribution is -0.157. The summed E-state index contributed by atoms with van der Waals surface area (Å²) in [5.41, 5.74) is 2.08. The van der Waals surface area contributed by atoms with E-state index < -0.39 is 0 Å². The van der Waals surface area contributed by atoms with E-state index in [1.54, 1.807) is 12.0 Å². The zero-order valence-electron chi connectivity index (χ0n) is 20.1. The number of carbonyl (C=O) groups is 2. The van der Waals surface area contributed by atoms with Crippen LogP contribution in [0.2, 0.25) is 0 Å². The molecule has 1 aliphatic carbocycles. The van der Waals surface area contributed by atoms with Gasteiger partial charge in [0.25, 0.3) is 0 Å². The van der Waals surface area contributed by atoms with Crippen molar-refractivity contribution >= 4 is 17.5 Å². The molecule has 6 nitrogen and oxygen atoms in total. The molecule has 2 aromatic rings. The Kier molecular flexibility index (Phi) is 6.59. The number of hydrogen-bond acceptors (Lipinski definition) is 5. The zero-order valence-corrected chi connectivity index (χ0v) is 20.1. The molecule has 1 unspecified atom stereocenters. The van der Waals surface area contributed by atoms with Gasteiger partial charge in [-0.25, -0.2) is 0 Å². The third kappa shape index (κ3) is 4.56. The molecule has 1 spiro atoms. The van der Waals surface area contributed by atoms with Gasteiger partial charge in [-0.15, -0.1) is 0 Å². The van der Waals surface area contributed by atoms with Gasteiger partial charge in [-0.1, -0.05) is 55.3 Å². The van der Waals surface area contributed by atoms with Crippen LogP contribution in [0.3, 0.4) is 0 Å². The Hall–Kier alpha value is -2.86. The molecule has 2 amide bonds. The van der Waals surface area contributed by atoms with Gasteiger partial charge in [-0.05, 0) is 36.0 Å². The van der Waals surface area contributed by atoms with Crippen LogP contribution in [0.25, 0.3) is 0 Å². The summed E-state index contributed by atoms with van der Waals surface area (Å²) in [5, 5.41) is 0. The van der Waals surface area contributed by atoms with Crippen LogP contribution in [0.15, 0.2) is 54.6 Å². The van der Waals surface area contributed by atoms with E-state index in [9.17, 15) is 9.59 Å². The number of likely N-dealkylation sites (tertiary alicyclic amines) is 1. The SMILES string of the molecule is COc1ccccc1N1CCN(CC(c2ccccc2)N2C(=O)CC3(CCCC3)CC2=O)CC1. The first-order valence-corrected chi connectivity index (χ1v) is 12.6. The maximum absolute atomic E-state index is 13.4. The summed E-state index contributed by atoms with van der Waals surface area (Å²) < 4.78 is 5.55. The van der Waals surface area contributed by atoms with Crippen molar-refractivity contribution in [3.8, 4) is 5.75 Å². The van der Waals surface area contributed by atoms with Crippen molar-refractivity contribution in [2.75, 3.05) is 44.7 Å². The monoisotopic (exact) mass is 461 g/mol. The highest BCUT2D eigenvalue weighted by Gasteiger charge is 2.47. The van der Waals surface area contributed by atoms with Gasteiger partial charge in [0.2, 0.25) is 11.8 Å². The van der Waals surface area contributed by atoms with Gasteiger partial charge >= 0.3 is 0 Å². The first-order valence-electron chi connectivity index (χ1n) is 12.6. The zero-order chi connectivity index (χ0) is 23.5. The molecule has 2 saturated heterocycles. The average molecular weight is 462 g/mol. The number of carbonyl (C=O) groups excluding carboxylic acids is 2. The molecule has 3 aliphatic rings. The summed E-state index contributed by atoms with van der Waals surface area (Å²) in [6.45, 7) is 4.19. The third-order valence-electron chi connectivity index (χ3n) is 7.98. The minimum Gasteiger partial charge on any atom is -0.495 e. The van der Waals surface area contributed by atoms with Crippen LogP contribution in [0.1, 0.15) is 50.1 Å². The minimum absolute atomic E-state index is 0.0136. The number of anilines is 1. The number of rotatable bonds is 6. The second kappa shape index (κ2) is 9.79. The molecule has 0 N–H and O–H groups in total. The molecule has 2 heterocycles.